The van der Waals surface area contributed by atoms with E-state index in [0.717, 1.165) is 53.3 Å². The van der Waals surface area contributed by atoms with Gasteiger partial charge in [0.25, 0.3) is 0 Å². The number of aryl methyl sites for hydroxylation is 1. The van der Waals surface area contributed by atoms with Crippen molar-refractivity contribution in [3.05, 3.63) is 52.1 Å². The van der Waals surface area contributed by atoms with E-state index in [1.54, 1.807) is 6.20 Å². The molecule has 0 spiro atoms. The van der Waals surface area contributed by atoms with Crippen LogP contribution < -0.4 is 20.9 Å². The molecule has 0 radical (unpaired) electrons. The zero-order chi connectivity index (χ0) is 21.5. The van der Waals surface area contributed by atoms with Crippen LogP contribution in [0, 0.1) is 6.92 Å². The van der Waals surface area contributed by atoms with Crippen molar-refractivity contribution in [2.45, 2.75) is 13.5 Å². The highest BCUT2D eigenvalue weighted by molar-refractivity contribution is 9.10. The van der Waals surface area contributed by atoms with Crippen LogP contribution in [-0.2, 0) is 11.3 Å². The lowest BCUT2D eigenvalue weighted by Gasteiger charge is -2.34. The van der Waals surface area contributed by atoms with Gasteiger partial charge < -0.3 is 25.8 Å². The molecule has 0 bridgehead atoms. The minimum atomic E-state index is -0.397. The Morgan fingerprint density at radius 1 is 1.13 bits per heavy atom. The maximum atomic E-state index is 12.2. The van der Waals surface area contributed by atoms with Crippen LogP contribution in [0.2, 0.25) is 0 Å². The van der Waals surface area contributed by atoms with Crippen LogP contribution in [0.15, 0.2) is 41.0 Å². The third-order valence-corrected chi connectivity index (χ3v) is 5.48. The van der Waals surface area contributed by atoms with Gasteiger partial charge in [-0.25, -0.2) is 9.78 Å². The topological polar surface area (TPSA) is 89.6 Å². The van der Waals surface area contributed by atoms with E-state index in [-0.39, 0.29) is 12.5 Å². The number of aromatic nitrogens is 1. The molecule has 3 N–H and O–H groups in total. The van der Waals surface area contributed by atoms with Crippen molar-refractivity contribution in [1.82, 2.24) is 20.5 Å². The average molecular weight is 475 g/mol. The summed E-state index contributed by atoms with van der Waals surface area (Å²) >= 11 is 3.39. The first-order valence-corrected chi connectivity index (χ1v) is 10.7. The summed E-state index contributed by atoms with van der Waals surface area (Å²) in [5, 5.41) is 8.21. The molecule has 30 heavy (non-hydrogen) atoms. The second-order valence-corrected chi connectivity index (χ2v) is 8.24. The standard InChI is InChI=1S/C21H27BrN6O2/c1-15-12-17(22)5-6-18(15)26-19(29)14-25-21(30)24-13-16-4-3-7-23-20(16)28-10-8-27(2)9-11-28/h3-7,12H,8-11,13-14H2,1-2H3,(H,26,29)(H2,24,25,30). The number of pyridine rings is 1. The van der Waals surface area contributed by atoms with Gasteiger partial charge in [-0.2, -0.15) is 0 Å². The van der Waals surface area contributed by atoms with Gasteiger partial charge in [-0.15, -0.1) is 0 Å². The molecule has 9 heteroatoms. The molecule has 0 atom stereocenters. The summed E-state index contributed by atoms with van der Waals surface area (Å²) < 4.78 is 0.946. The quantitative estimate of drug-likeness (QED) is 0.597. The zero-order valence-corrected chi connectivity index (χ0v) is 18.8. The van der Waals surface area contributed by atoms with E-state index in [1.807, 2.05) is 37.3 Å². The average Bonchev–Trinajstić information content (AvgIpc) is 2.73. The number of nitrogens with zero attached hydrogens (tertiary/aromatic N) is 3. The molecule has 3 amide bonds. The Hall–Kier alpha value is -2.65. The zero-order valence-electron chi connectivity index (χ0n) is 17.2. The van der Waals surface area contributed by atoms with Crippen molar-refractivity contribution in [3.63, 3.8) is 0 Å². The van der Waals surface area contributed by atoms with E-state index < -0.39 is 6.03 Å². The van der Waals surface area contributed by atoms with Crippen LogP contribution in [0.3, 0.4) is 0 Å². The fraction of sp³-hybridized carbons (Fsp3) is 0.381. The summed E-state index contributed by atoms with van der Waals surface area (Å²) in [5.74, 6) is 0.615. The fourth-order valence-corrected chi connectivity index (χ4v) is 3.71. The summed E-state index contributed by atoms with van der Waals surface area (Å²) in [5.41, 5.74) is 2.61. The number of urea groups is 1. The van der Waals surface area contributed by atoms with Crippen LogP contribution in [0.5, 0.6) is 0 Å². The Kier molecular flexibility index (Phi) is 7.64. The SMILES string of the molecule is Cc1cc(Br)ccc1NC(=O)CNC(=O)NCc1cccnc1N1CCN(C)CC1. The second kappa shape index (κ2) is 10.4. The van der Waals surface area contributed by atoms with Gasteiger partial charge in [0.15, 0.2) is 0 Å². The molecule has 8 nitrogen and oxygen atoms in total. The third kappa shape index (κ3) is 6.17. The normalized spacial score (nSPS) is 14.3. The number of carbonyl (C=O) groups is 2. The smallest absolute Gasteiger partial charge is 0.315 e. The van der Waals surface area contributed by atoms with Crippen LogP contribution in [0.25, 0.3) is 0 Å². The molecule has 1 aromatic heterocycles. The van der Waals surface area contributed by atoms with Crippen molar-refractivity contribution < 1.29 is 9.59 Å². The molecule has 0 aliphatic carbocycles. The van der Waals surface area contributed by atoms with E-state index in [4.69, 9.17) is 0 Å². The predicted molar refractivity (Wildman–Crippen MR) is 122 cm³/mol. The maximum Gasteiger partial charge on any atom is 0.315 e. The molecule has 160 valence electrons. The first-order valence-electron chi connectivity index (χ1n) is 9.87. The molecular weight excluding hydrogens is 448 g/mol. The number of anilines is 2. The molecule has 0 unspecified atom stereocenters. The van der Waals surface area contributed by atoms with Crippen molar-refractivity contribution in [3.8, 4) is 0 Å². The van der Waals surface area contributed by atoms with Gasteiger partial charge in [0.1, 0.15) is 5.82 Å². The minimum absolute atomic E-state index is 0.111. The summed E-state index contributed by atoms with van der Waals surface area (Å²) in [6, 6.07) is 9.02. The minimum Gasteiger partial charge on any atom is -0.354 e. The Morgan fingerprint density at radius 3 is 2.63 bits per heavy atom. The Labute approximate surface area is 185 Å². The van der Waals surface area contributed by atoms with Crippen LogP contribution in [0.1, 0.15) is 11.1 Å². The van der Waals surface area contributed by atoms with Gasteiger partial charge >= 0.3 is 6.03 Å². The number of piperazine rings is 1. The molecule has 1 aliphatic heterocycles. The first-order chi connectivity index (χ1) is 14.4. The van der Waals surface area contributed by atoms with Gasteiger partial charge in [0.05, 0.1) is 6.54 Å². The molecule has 1 fully saturated rings. The highest BCUT2D eigenvalue weighted by atomic mass is 79.9. The lowest BCUT2D eigenvalue weighted by Crippen LogP contribution is -2.45. The molecular formula is C21H27BrN6O2. The highest BCUT2D eigenvalue weighted by Gasteiger charge is 2.18. The Morgan fingerprint density at radius 2 is 1.90 bits per heavy atom. The van der Waals surface area contributed by atoms with E-state index in [2.05, 4.69) is 53.7 Å². The predicted octanol–water partition coefficient (Wildman–Crippen LogP) is 2.34. The summed E-state index contributed by atoms with van der Waals surface area (Å²) in [7, 11) is 2.11. The number of likely N-dealkylation sites (N-methyl/N-ethyl adjacent to an activating group) is 1. The second-order valence-electron chi connectivity index (χ2n) is 7.32. The van der Waals surface area contributed by atoms with Crippen molar-refractivity contribution >= 4 is 39.4 Å². The van der Waals surface area contributed by atoms with E-state index >= 15 is 0 Å². The fourth-order valence-electron chi connectivity index (χ4n) is 3.23. The number of carbonyl (C=O) groups excluding carboxylic acids is 2. The van der Waals surface area contributed by atoms with Gasteiger partial charge in [0.2, 0.25) is 5.91 Å². The number of nitrogens with one attached hydrogen (secondary N) is 3. The van der Waals surface area contributed by atoms with E-state index in [9.17, 15) is 9.59 Å². The van der Waals surface area contributed by atoms with E-state index in [1.165, 1.54) is 0 Å². The van der Waals surface area contributed by atoms with Gasteiger partial charge in [-0.3, -0.25) is 4.79 Å². The van der Waals surface area contributed by atoms with E-state index in [0.29, 0.717) is 6.54 Å². The van der Waals surface area contributed by atoms with Crippen molar-refractivity contribution in [1.29, 1.82) is 0 Å². The molecule has 0 saturated carbocycles. The number of benzene rings is 1. The number of halogens is 1. The first kappa shape index (κ1) is 22.0. The summed E-state index contributed by atoms with van der Waals surface area (Å²) in [6.45, 7) is 5.92. The molecule has 2 heterocycles. The monoisotopic (exact) mass is 474 g/mol. The number of hydrogen-bond acceptors (Lipinski definition) is 5. The van der Waals surface area contributed by atoms with Crippen molar-refractivity contribution in [2.24, 2.45) is 0 Å². The molecule has 1 aromatic carbocycles. The number of rotatable bonds is 6. The van der Waals surface area contributed by atoms with Gasteiger partial charge in [-0.1, -0.05) is 22.0 Å². The molecule has 2 aromatic rings. The Balaban J connectivity index is 1.47. The molecule has 1 saturated heterocycles. The summed E-state index contributed by atoms with van der Waals surface area (Å²) in [6.07, 6.45) is 1.77. The Bertz CT molecular complexity index is 899. The highest BCUT2D eigenvalue weighted by Crippen LogP contribution is 2.20. The lowest BCUT2D eigenvalue weighted by molar-refractivity contribution is -0.115. The van der Waals surface area contributed by atoms with Crippen LogP contribution >= 0.6 is 15.9 Å². The lowest BCUT2D eigenvalue weighted by atomic mass is 10.2. The summed E-state index contributed by atoms with van der Waals surface area (Å²) in [4.78, 5) is 33.3. The van der Waals surface area contributed by atoms with Crippen molar-refractivity contribution in [2.75, 3.05) is 50.0 Å². The third-order valence-electron chi connectivity index (χ3n) is 4.98. The van der Waals surface area contributed by atoms with Crippen LogP contribution in [0.4, 0.5) is 16.3 Å². The number of amides is 3. The van der Waals surface area contributed by atoms with Gasteiger partial charge in [0, 0.05) is 54.6 Å². The maximum absolute atomic E-state index is 12.2. The number of hydrogen-bond donors (Lipinski definition) is 3. The molecule has 3 rings (SSSR count). The van der Waals surface area contributed by atoms with Gasteiger partial charge in [-0.05, 0) is 43.8 Å². The molecule has 1 aliphatic rings. The van der Waals surface area contributed by atoms with Crippen LogP contribution in [-0.4, -0.2) is 61.6 Å². The largest absolute Gasteiger partial charge is 0.354 e.